The lowest BCUT2D eigenvalue weighted by molar-refractivity contribution is -0.128. The van der Waals surface area contributed by atoms with Crippen LogP contribution in [-0.2, 0) is 16.0 Å². The molecule has 0 fully saturated rings. The van der Waals surface area contributed by atoms with E-state index in [2.05, 4.69) is 9.97 Å². The van der Waals surface area contributed by atoms with Gasteiger partial charge >= 0.3 is 0 Å². The van der Waals surface area contributed by atoms with E-state index in [0.29, 0.717) is 6.61 Å². The normalized spacial score (nSPS) is 12.3. The maximum Gasteiger partial charge on any atom is 0.163 e. The molecule has 0 aliphatic rings. The third kappa shape index (κ3) is 4.03. The molecule has 100 valence electrons. The van der Waals surface area contributed by atoms with Crippen LogP contribution >= 0.6 is 0 Å². The standard InChI is InChI=1S/C15H18N2O2/c1-12(18)15(13-6-3-2-4-7-13)19-9-5-8-14-10-16-11-17-14/h2-4,6-7,10-11,15H,5,8-9H2,1H3,(H,16,17). The van der Waals surface area contributed by atoms with E-state index in [-0.39, 0.29) is 5.78 Å². The summed E-state index contributed by atoms with van der Waals surface area (Å²) in [5.41, 5.74) is 2.00. The number of nitrogens with zero attached hydrogens (tertiary/aromatic N) is 1. The second-order valence-corrected chi connectivity index (χ2v) is 4.45. The van der Waals surface area contributed by atoms with Crippen LogP contribution in [0.3, 0.4) is 0 Å². The Morgan fingerprint density at radius 1 is 1.37 bits per heavy atom. The molecule has 2 aromatic rings. The number of H-pyrrole nitrogens is 1. The number of ketones is 1. The highest BCUT2D eigenvalue weighted by molar-refractivity contribution is 5.81. The average molecular weight is 258 g/mol. The van der Waals surface area contributed by atoms with E-state index in [1.807, 2.05) is 30.3 Å². The lowest BCUT2D eigenvalue weighted by atomic mass is 10.1. The van der Waals surface area contributed by atoms with Crippen molar-refractivity contribution in [2.24, 2.45) is 0 Å². The summed E-state index contributed by atoms with van der Waals surface area (Å²) in [7, 11) is 0. The van der Waals surface area contributed by atoms with Gasteiger partial charge in [-0.25, -0.2) is 4.98 Å². The molecule has 0 amide bonds. The number of aromatic nitrogens is 2. The Labute approximate surface area is 112 Å². The van der Waals surface area contributed by atoms with Gasteiger partial charge in [-0.15, -0.1) is 0 Å². The monoisotopic (exact) mass is 258 g/mol. The molecule has 0 aliphatic carbocycles. The number of carbonyl (C=O) groups excluding carboxylic acids is 1. The van der Waals surface area contributed by atoms with Crippen LogP contribution in [0.25, 0.3) is 0 Å². The van der Waals surface area contributed by atoms with Crippen LogP contribution in [0.1, 0.15) is 30.7 Å². The average Bonchev–Trinajstić information content (AvgIpc) is 2.92. The molecule has 0 spiro atoms. The zero-order valence-electron chi connectivity index (χ0n) is 11.0. The van der Waals surface area contributed by atoms with E-state index >= 15 is 0 Å². The smallest absolute Gasteiger partial charge is 0.163 e. The predicted molar refractivity (Wildman–Crippen MR) is 72.7 cm³/mol. The molecular weight excluding hydrogens is 240 g/mol. The highest BCUT2D eigenvalue weighted by Crippen LogP contribution is 2.18. The topological polar surface area (TPSA) is 55.0 Å². The van der Waals surface area contributed by atoms with Crippen molar-refractivity contribution in [3.63, 3.8) is 0 Å². The third-order valence-corrected chi connectivity index (χ3v) is 2.90. The summed E-state index contributed by atoms with van der Waals surface area (Å²) in [6.07, 6.45) is 4.75. The SMILES string of the molecule is CC(=O)C(OCCCc1cnc[nH]1)c1ccccc1. The van der Waals surface area contributed by atoms with Crippen LogP contribution in [0.2, 0.25) is 0 Å². The number of carbonyl (C=O) groups is 1. The first-order valence-corrected chi connectivity index (χ1v) is 6.41. The van der Waals surface area contributed by atoms with Crippen molar-refractivity contribution in [1.82, 2.24) is 9.97 Å². The Balaban J connectivity index is 1.83. The summed E-state index contributed by atoms with van der Waals surface area (Å²) in [6.45, 7) is 2.12. The molecule has 1 heterocycles. The fourth-order valence-electron chi connectivity index (χ4n) is 1.96. The number of hydrogen-bond donors (Lipinski definition) is 1. The van der Waals surface area contributed by atoms with Gasteiger partial charge in [0.05, 0.1) is 6.33 Å². The number of aromatic amines is 1. The first-order chi connectivity index (χ1) is 9.27. The summed E-state index contributed by atoms with van der Waals surface area (Å²) in [6, 6.07) is 9.60. The van der Waals surface area contributed by atoms with Crippen LogP contribution in [0, 0.1) is 0 Å². The van der Waals surface area contributed by atoms with Crippen molar-refractivity contribution >= 4 is 5.78 Å². The van der Waals surface area contributed by atoms with Gasteiger partial charge in [-0.2, -0.15) is 0 Å². The minimum Gasteiger partial charge on any atom is -0.366 e. The van der Waals surface area contributed by atoms with Gasteiger partial charge in [0, 0.05) is 18.5 Å². The van der Waals surface area contributed by atoms with Gasteiger partial charge < -0.3 is 9.72 Å². The number of nitrogens with one attached hydrogen (secondary N) is 1. The Morgan fingerprint density at radius 2 is 2.16 bits per heavy atom. The van der Waals surface area contributed by atoms with Crippen LogP contribution in [-0.4, -0.2) is 22.4 Å². The fourth-order valence-corrected chi connectivity index (χ4v) is 1.96. The Kier molecular flexibility index (Phi) is 4.86. The number of imidazole rings is 1. The van der Waals surface area contributed by atoms with E-state index in [9.17, 15) is 4.79 Å². The van der Waals surface area contributed by atoms with Crippen molar-refractivity contribution in [2.45, 2.75) is 25.9 Å². The Morgan fingerprint density at radius 3 is 2.79 bits per heavy atom. The van der Waals surface area contributed by atoms with Crippen LogP contribution in [0.5, 0.6) is 0 Å². The second kappa shape index (κ2) is 6.85. The maximum atomic E-state index is 11.6. The predicted octanol–water partition coefficient (Wildman–Crippen LogP) is 2.69. The van der Waals surface area contributed by atoms with Gasteiger partial charge in [-0.1, -0.05) is 30.3 Å². The van der Waals surface area contributed by atoms with E-state index < -0.39 is 6.10 Å². The molecule has 0 bridgehead atoms. The summed E-state index contributed by atoms with van der Waals surface area (Å²) in [5, 5.41) is 0. The summed E-state index contributed by atoms with van der Waals surface area (Å²) in [4.78, 5) is 18.6. The molecule has 2 rings (SSSR count). The summed E-state index contributed by atoms with van der Waals surface area (Å²) >= 11 is 0. The highest BCUT2D eigenvalue weighted by atomic mass is 16.5. The van der Waals surface area contributed by atoms with Crippen molar-refractivity contribution < 1.29 is 9.53 Å². The molecule has 1 N–H and O–H groups in total. The number of ether oxygens (including phenoxy) is 1. The zero-order valence-corrected chi connectivity index (χ0v) is 11.0. The summed E-state index contributed by atoms with van der Waals surface area (Å²) < 4.78 is 5.70. The minimum absolute atomic E-state index is 0.0349. The first-order valence-electron chi connectivity index (χ1n) is 6.41. The largest absolute Gasteiger partial charge is 0.366 e. The first kappa shape index (κ1) is 13.5. The van der Waals surface area contributed by atoms with Crippen LogP contribution < -0.4 is 0 Å². The highest BCUT2D eigenvalue weighted by Gasteiger charge is 2.16. The van der Waals surface area contributed by atoms with Gasteiger partial charge in [0.1, 0.15) is 6.10 Å². The molecule has 1 unspecified atom stereocenters. The molecule has 0 saturated carbocycles. The van der Waals surface area contributed by atoms with Crippen molar-refractivity contribution in [3.05, 3.63) is 54.1 Å². The van der Waals surface area contributed by atoms with Crippen molar-refractivity contribution in [2.75, 3.05) is 6.61 Å². The quantitative estimate of drug-likeness (QED) is 0.777. The maximum absolute atomic E-state index is 11.6. The second-order valence-electron chi connectivity index (χ2n) is 4.45. The van der Waals surface area contributed by atoms with Crippen LogP contribution in [0.4, 0.5) is 0 Å². The van der Waals surface area contributed by atoms with Crippen molar-refractivity contribution in [1.29, 1.82) is 0 Å². The van der Waals surface area contributed by atoms with E-state index in [4.69, 9.17) is 4.74 Å². The number of benzene rings is 1. The number of Topliss-reactive ketones (excluding diaryl/α,β-unsaturated/α-hetero) is 1. The van der Waals surface area contributed by atoms with E-state index in [1.54, 1.807) is 19.4 Å². The molecule has 4 heteroatoms. The lowest BCUT2D eigenvalue weighted by Crippen LogP contribution is -2.14. The molecule has 4 nitrogen and oxygen atoms in total. The van der Waals surface area contributed by atoms with Gasteiger partial charge in [0.15, 0.2) is 5.78 Å². The molecule has 0 saturated heterocycles. The Bertz CT molecular complexity index is 494. The van der Waals surface area contributed by atoms with E-state index in [0.717, 1.165) is 24.1 Å². The van der Waals surface area contributed by atoms with Crippen LogP contribution in [0.15, 0.2) is 42.9 Å². The lowest BCUT2D eigenvalue weighted by Gasteiger charge is -2.15. The van der Waals surface area contributed by atoms with E-state index in [1.165, 1.54) is 0 Å². The van der Waals surface area contributed by atoms with Crippen molar-refractivity contribution in [3.8, 4) is 0 Å². The number of rotatable bonds is 7. The molecular formula is C15H18N2O2. The fraction of sp³-hybridized carbons (Fsp3) is 0.333. The van der Waals surface area contributed by atoms with Gasteiger partial charge in [-0.3, -0.25) is 4.79 Å². The molecule has 0 radical (unpaired) electrons. The third-order valence-electron chi connectivity index (χ3n) is 2.90. The summed E-state index contributed by atoms with van der Waals surface area (Å²) in [5.74, 6) is 0.0349. The molecule has 0 aliphatic heterocycles. The van der Waals surface area contributed by atoms with Gasteiger partial charge in [0.2, 0.25) is 0 Å². The Hall–Kier alpha value is -1.94. The molecule has 19 heavy (non-hydrogen) atoms. The van der Waals surface area contributed by atoms with Gasteiger partial charge in [-0.05, 0) is 25.3 Å². The number of aryl methyl sites for hydroxylation is 1. The molecule has 1 aromatic carbocycles. The minimum atomic E-state index is -0.456. The zero-order chi connectivity index (χ0) is 13.5. The molecule has 1 atom stereocenters. The number of hydrogen-bond acceptors (Lipinski definition) is 3. The van der Waals surface area contributed by atoms with Gasteiger partial charge in [0.25, 0.3) is 0 Å². The molecule has 1 aromatic heterocycles.